The molecule has 20 heteroatoms. The molecule has 0 bridgehead atoms. The van der Waals surface area contributed by atoms with Crippen LogP contribution >= 0.6 is 69.0 Å². The quantitative estimate of drug-likeness (QED) is 0.133. The molecule has 0 N–H and O–H groups in total. The Morgan fingerprint density at radius 2 is 1.08 bits per heavy atom. The molecule has 0 spiro atoms. The lowest BCUT2D eigenvalue weighted by Crippen LogP contribution is -2.49. The van der Waals surface area contributed by atoms with E-state index in [0.29, 0.717) is 71.5 Å². The monoisotopic (exact) mass is 1030 g/mol. The number of aromatic nitrogens is 4. The summed E-state index contributed by atoms with van der Waals surface area (Å²) in [5, 5.41) is 10.0. The van der Waals surface area contributed by atoms with E-state index >= 15 is 0 Å². The first-order chi connectivity index (χ1) is 28.6. The van der Waals surface area contributed by atoms with Gasteiger partial charge >= 0.3 is 0 Å². The maximum Gasteiger partial charge on any atom is 0.244 e. The molecule has 0 unspecified atom stereocenters. The molecule has 2 aliphatic rings. The molecule has 2 saturated heterocycles. The summed E-state index contributed by atoms with van der Waals surface area (Å²) in [6, 6.07) is 19.3. The fourth-order valence-electron chi connectivity index (χ4n) is 6.75. The van der Waals surface area contributed by atoms with Gasteiger partial charge in [0.05, 0.1) is 45.6 Å². The lowest BCUT2D eigenvalue weighted by atomic mass is 10.2. The molecular formula is C40H43Cl4IN8O6S. The van der Waals surface area contributed by atoms with Crippen LogP contribution in [-0.2, 0) is 32.5 Å². The Morgan fingerprint density at radius 3 is 1.50 bits per heavy atom. The number of methoxy groups -OCH3 is 2. The first kappa shape index (κ1) is 45.6. The van der Waals surface area contributed by atoms with Gasteiger partial charge in [-0.05, 0) is 72.8 Å². The highest BCUT2D eigenvalue weighted by Crippen LogP contribution is 2.32. The number of piperazine rings is 2. The van der Waals surface area contributed by atoms with E-state index in [2.05, 4.69) is 42.6 Å². The van der Waals surface area contributed by atoms with E-state index in [9.17, 15) is 18.0 Å². The standard InChI is InChI=1S/C23H24Cl2N4O4S.C17H19Cl2IN4O2/c1-16-22(25)23(34(31,32)18-6-4-3-5-7-18)26-29(16)15-21(30)28-12-10-27(11-13-28)17-8-9-19(24)20(14-17)33-2;1-11-16(19)17(20)21-24(11)10-15(25)23-7-5-22(6-8-23)12-3-4-13(18)14(9-12)26-2/h3-9,14H,10-13,15H2,1-2H3;3-4,9H,5-8,10H2,1-2H3. The van der Waals surface area contributed by atoms with Crippen LogP contribution in [0.25, 0.3) is 0 Å². The van der Waals surface area contributed by atoms with Gasteiger partial charge in [0.2, 0.25) is 26.7 Å². The zero-order valence-corrected chi connectivity index (χ0v) is 39.2. The van der Waals surface area contributed by atoms with Gasteiger partial charge < -0.3 is 29.1 Å². The molecule has 4 heterocycles. The largest absolute Gasteiger partial charge is 0.495 e. The lowest BCUT2D eigenvalue weighted by molar-refractivity contribution is -0.133. The van der Waals surface area contributed by atoms with E-state index < -0.39 is 9.84 Å². The molecule has 3 aromatic carbocycles. The topological polar surface area (TPSA) is 135 Å². The van der Waals surface area contributed by atoms with Crippen molar-refractivity contribution in [1.29, 1.82) is 0 Å². The molecule has 2 amide bonds. The number of rotatable bonds is 10. The summed E-state index contributed by atoms with van der Waals surface area (Å²) in [6.07, 6.45) is 0. The van der Waals surface area contributed by atoms with Crippen LogP contribution in [0.15, 0.2) is 76.7 Å². The highest BCUT2D eigenvalue weighted by Gasteiger charge is 2.29. The molecule has 0 saturated carbocycles. The van der Waals surface area contributed by atoms with E-state index in [1.54, 1.807) is 55.0 Å². The van der Waals surface area contributed by atoms with Crippen molar-refractivity contribution >= 4 is 102 Å². The zero-order chi connectivity index (χ0) is 43.3. The van der Waals surface area contributed by atoms with Crippen molar-refractivity contribution in [3.8, 4) is 11.5 Å². The molecule has 320 valence electrons. The predicted molar refractivity (Wildman–Crippen MR) is 242 cm³/mol. The number of sulfone groups is 1. The first-order valence-electron chi connectivity index (χ1n) is 18.8. The number of halogens is 5. The second kappa shape index (κ2) is 19.8. The summed E-state index contributed by atoms with van der Waals surface area (Å²) in [7, 11) is -0.719. The third-order valence-corrected chi connectivity index (χ3v) is 14.7. The average molecular weight is 1030 g/mol. The summed E-state index contributed by atoms with van der Waals surface area (Å²) in [5.41, 5.74) is 3.26. The van der Waals surface area contributed by atoms with Crippen LogP contribution in [0.4, 0.5) is 11.4 Å². The summed E-state index contributed by atoms with van der Waals surface area (Å²) in [6.45, 7) is 8.80. The molecule has 0 radical (unpaired) electrons. The molecule has 0 atom stereocenters. The number of amides is 2. The minimum Gasteiger partial charge on any atom is -0.495 e. The normalized spacial score (nSPS) is 14.5. The van der Waals surface area contributed by atoms with Crippen LogP contribution in [0.5, 0.6) is 11.5 Å². The van der Waals surface area contributed by atoms with Crippen LogP contribution < -0.4 is 19.3 Å². The van der Waals surface area contributed by atoms with E-state index in [-0.39, 0.29) is 39.8 Å². The maximum atomic E-state index is 13.0. The predicted octanol–water partition coefficient (Wildman–Crippen LogP) is 7.15. The van der Waals surface area contributed by atoms with Crippen molar-refractivity contribution < 1.29 is 27.5 Å². The number of carbonyl (C=O) groups excluding carboxylic acids is 2. The number of hydrogen-bond donors (Lipinski definition) is 0. The number of hydrogen-bond acceptors (Lipinski definition) is 10. The highest BCUT2D eigenvalue weighted by atomic mass is 127. The van der Waals surface area contributed by atoms with Crippen LogP contribution in [0.1, 0.15) is 11.4 Å². The fourth-order valence-corrected chi connectivity index (χ4v) is 9.69. The van der Waals surface area contributed by atoms with Crippen molar-refractivity contribution in [2.24, 2.45) is 0 Å². The minimum absolute atomic E-state index is 0.0261. The average Bonchev–Trinajstić information content (AvgIpc) is 3.68. The zero-order valence-electron chi connectivity index (χ0n) is 33.2. The molecule has 5 aromatic rings. The number of anilines is 2. The van der Waals surface area contributed by atoms with E-state index in [4.69, 9.17) is 55.9 Å². The van der Waals surface area contributed by atoms with Gasteiger partial charge in [-0.15, -0.1) is 0 Å². The number of benzene rings is 3. The smallest absolute Gasteiger partial charge is 0.244 e. The van der Waals surface area contributed by atoms with Crippen LogP contribution in [0.2, 0.25) is 20.1 Å². The van der Waals surface area contributed by atoms with Crippen LogP contribution in [0.3, 0.4) is 0 Å². The summed E-state index contributed by atoms with van der Waals surface area (Å²) in [4.78, 5) is 33.6. The molecule has 60 heavy (non-hydrogen) atoms. The summed E-state index contributed by atoms with van der Waals surface area (Å²) in [5.74, 6) is 1.16. The van der Waals surface area contributed by atoms with E-state index in [1.807, 2.05) is 42.2 Å². The molecule has 14 nitrogen and oxygen atoms in total. The van der Waals surface area contributed by atoms with Crippen molar-refractivity contribution in [3.63, 3.8) is 0 Å². The van der Waals surface area contributed by atoms with Crippen molar-refractivity contribution in [3.05, 3.63) is 102 Å². The Morgan fingerprint density at radius 1 is 0.650 bits per heavy atom. The van der Waals surface area contributed by atoms with Crippen molar-refractivity contribution in [2.45, 2.75) is 36.9 Å². The van der Waals surface area contributed by atoms with Gasteiger partial charge in [0.15, 0.2) is 0 Å². The molecular weight excluding hydrogens is 989 g/mol. The van der Waals surface area contributed by atoms with Crippen LogP contribution in [-0.4, -0.2) is 116 Å². The lowest BCUT2D eigenvalue weighted by Gasteiger charge is -2.36. The Hall–Kier alpha value is -3.94. The Labute approximate surface area is 382 Å². The van der Waals surface area contributed by atoms with Gasteiger partial charge in [0.1, 0.15) is 33.3 Å². The fraction of sp³-hybridized carbons (Fsp3) is 0.350. The Balaban J connectivity index is 0.000000209. The Kier molecular flexibility index (Phi) is 15.1. The van der Waals surface area contributed by atoms with Gasteiger partial charge in [0.25, 0.3) is 0 Å². The van der Waals surface area contributed by atoms with Gasteiger partial charge in [0, 0.05) is 75.9 Å². The van der Waals surface area contributed by atoms with Crippen molar-refractivity contribution in [2.75, 3.05) is 76.4 Å². The maximum absolute atomic E-state index is 13.0. The van der Waals surface area contributed by atoms with E-state index in [0.717, 1.165) is 33.9 Å². The molecule has 2 aromatic heterocycles. The number of ether oxygens (including phenoxy) is 2. The minimum atomic E-state index is -3.89. The molecule has 7 rings (SSSR count). The molecule has 2 fully saturated rings. The third-order valence-electron chi connectivity index (χ3n) is 10.3. The van der Waals surface area contributed by atoms with Gasteiger partial charge in [-0.25, -0.2) is 8.42 Å². The SMILES string of the molecule is COc1cc(N2CCN(C(=O)Cn3nc(I)c(Cl)c3C)CC2)ccc1Cl.COc1cc(N2CCN(C(=O)Cn3nc(S(=O)(=O)c4ccccc4)c(Cl)c3C)CC2)ccc1Cl. The summed E-state index contributed by atoms with van der Waals surface area (Å²) >= 11 is 26.8. The second-order valence-corrected chi connectivity index (χ2v) is 18.4. The Bertz CT molecular complexity index is 2450. The third kappa shape index (κ3) is 10.2. The number of carbonyl (C=O) groups is 2. The van der Waals surface area contributed by atoms with Gasteiger partial charge in [-0.1, -0.05) is 64.6 Å². The van der Waals surface area contributed by atoms with Crippen LogP contribution in [0, 0.1) is 17.5 Å². The second-order valence-electron chi connectivity index (χ2n) is 13.9. The summed E-state index contributed by atoms with van der Waals surface area (Å²) < 4.78 is 40.3. The number of nitrogens with zero attached hydrogens (tertiary/aromatic N) is 8. The molecule has 0 aliphatic carbocycles. The van der Waals surface area contributed by atoms with Crippen molar-refractivity contribution in [1.82, 2.24) is 29.4 Å². The molecule has 2 aliphatic heterocycles. The van der Waals surface area contributed by atoms with E-state index in [1.165, 1.54) is 16.8 Å². The van der Waals surface area contributed by atoms with Gasteiger partial charge in [-0.2, -0.15) is 10.2 Å². The first-order valence-corrected chi connectivity index (χ1v) is 22.8. The van der Waals surface area contributed by atoms with Gasteiger partial charge in [-0.3, -0.25) is 19.0 Å². The highest BCUT2D eigenvalue weighted by molar-refractivity contribution is 14.1.